The Balaban J connectivity index is 1.89. The Morgan fingerprint density at radius 3 is 2.57 bits per heavy atom. The molecule has 2 aromatic rings. The molecule has 2 N–H and O–H groups in total. The molecule has 35 heavy (non-hydrogen) atoms. The number of urea groups is 1. The molecule has 1 heterocycles. The van der Waals surface area contributed by atoms with Crippen LogP contribution < -0.4 is 15.4 Å². The van der Waals surface area contributed by atoms with Crippen molar-refractivity contribution in [2.24, 2.45) is 0 Å². The lowest BCUT2D eigenvalue weighted by atomic mass is 9.93. The van der Waals surface area contributed by atoms with Crippen LogP contribution in [0.25, 0.3) is 0 Å². The first-order valence-corrected chi connectivity index (χ1v) is 11.7. The fourth-order valence-corrected chi connectivity index (χ4v) is 3.95. The molecule has 1 aliphatic heterocycles. The van der Waals surface area contributed by atoms with E-state index in [2.05, 4.69) is 10.6 Å². The highest BCUT2D eigenvalue weighted by Gasteiger charge is 2.32. The minimum absolute atomic E-state index is 0.125. The summed E-state index contributed by atoms with van der Waals surface area (Å²) in [7, 11) is 1.56. The van der Waals surface area contributed by atoms with Crippen molar-refractivity contribution in [1.82, 2.24) is 0 Å². The summed E-state index contributed by atoms with van der Waals surface area (Å²) in [5.41, 5.74) is 4.48. The summed E-state index contributed by atoms with van der Waals surface area (Å²) < 4.78 is 16.1. The molecule has 0 bridgehead atoms. The van der Waals surface area contributed by atoms with Gasteiger partial charge in [-0.05, 0) is 50.8 Å². The third kappa shape index (κ3) is 6.41. The summed E-state index contributed by atoms with van der Waals surface area (Å²) in [5.74, 6) is -0.127. The first-order valence-electron chi connectivity index (χ1n) is 11.7. The average molecular weight is 481 g/mol. The highest BCUT2D eigenvalue weighted by molar-refractivity contribution is 6.08. The molecule has 2 aromatic carbocycles. The number of anilines is 2. The van der Waals surface area contributed by atoms with Crippen LogP contribution in [0.3, 0.4) is 0 Å². The number of hydrogen-bond donors (Lipinski definition) is 2. The zero-order valence-electron chi connectivity index (χ0n) is 20.7. The van der Waals surface area contributed by atoms with Gasteiger partial charge in [-0.3, -0.25) is 4.79 Å². The van der Waals surface area contributed by atoms with Crippen molar-refractivity contribution in [3.8, 4) is 5.75 Å². The highest BCUT2D eigenvalue weighted by Crippen LogP contribution is 2.41. The van der Waals surface area contributed by atoms with Gasteiger partial charge in [-0.2, -0.15) is 0 Å². The number of ether oxygens (including phenoxy) is 3. The van der Waals surface area contributed by atoms with Gasteiger partial charge in [-0.15, -0.1) is 0 Å². The predicted octanol–water partition coefficient (Wildman–Crippen LogP) is 5.54. The second kappa shape index (κ2) is 12.1. The fraction of sp³-hybridized carbons (Fsp3) is 0.370. The Morgan fingerprint density at radius 2 is 1.89 bits per heavy atom. The Labute approximate surface area is 205 Å². The van der Waals surface area contributed by atoms with Crippen LogP contribution in [0.15, 0.2) is 42.0 Å². The van der Waals surface area contributed by atoms with Crippen LogP contribution in [0.4, 0.5) is 16.2 Å². The van der Waals surface area contributed by atoms with Crippen molar-refractivity contribution in [2.75, 3.05) is 24.4 Å². The third-order valence-electron chi connectivity index (χ3n) is 5.79. The first kappa shape index (κ1) is 25.8. The van der Waals surface area contributed by atoms with E-state index in [0.717, 1.165) is 17.6 Å². The Bertz CT molecular complexity index is 1120. The largest absolute Gasteiger partial charge is 0.496 e. The number of carbonyl (C=O) groups excluding carboxylic acids is 3. The number of allylic oxidation sites excluding steroid dienone is 2. The van der Waals surface area contributed by atoms with Gasteiger partial charge in [0.25, 0.3) is 0 Å². The zero-order chi connectivity index (χ0) is 25.4. The molecular formula is C27H32N2O6. The Morgan fingerprint density at radius 1 is 1.14 bits per heavy atom. The molecule has 0 aromatic heterocycles. The smallest absolute Gasteiger partial charge is 0.341 e. The molecule has 3 rings (SSSR count). The molecule has 8 nitrogen and oxygen atoms in total. The van der Waals surface area contributed by atoms with E-state index in [4.69, 9.17) is 14.2 Å². The summed E-state index contributed by atoms with van der Waals surface area (Å²) in [6.45, 7) is 6.30. The van der Waals surface area contributed by atoms with Crippen LogP contribution >= 0.6 is 0 Å². The van der Waals surface area contributed by atoms with Crippen LogP contribution in [0, 0.1) is 6.92 Å². The minimum atomic E-state index is -0.485. The Kier molecular flexibility index (Phi) is 8.89. The summed E-state index contributed by atoms with van der Waals surface area (Å²) in [4.78, 5) is 37.3. The number of amides is 2. The lowest BCUT2D eigenvalue weighted by molar-refractivity contribution is -0.143. The number of esters is 2. The topological polar surface area (TPSA) is 103 Å². The zero-order valence-corrected chi connectivity index (χ0v) is 20.7. The van der Waals surface area contributed by atoms with E-state index in [9.17, 15) is 14.4 Å². The van der Waals surface area contributed by atoms with Gasteiger partial charge in [0.2, 0.25) is 0 Å². The van der Waals surface area contributed by atoms with Crippen LogP contribution in [0.1, 0.15) is 60.2 Å². The lowest BCUT2D eigenvalue weighted by Gasteiger charge is -2.20. The Hall–Kier alpha value is -3.81. The second-order valence-electron chi connectivity index (χ2n) is 8.36. The SMILES string of the molecule is CCCOC(=O)CCC(C)=CCc1c(NC(=O)Nc2ccccc2)c2c(c(C)c1OC)COC2=O. The van der Waals surface area contributed by atoms with Crippen LogP contribution in [-0.2, 0) is 27.3 Å². The van der Waals surface area contributed by atoms with Gasteiger partial charge in [0.15, 0.2) is 0 Å². The van der Waals surface area contributed by atoms with Crippen molar-refractivity contribution >= 4 is 29.3 Å². The number of para-hydroxylation sites is 1. The van der Waals surface area contributed by atoms with Crippen LogP contribution in [0.2, 0.25) is 0 Å². The van der Waals surface area contributed by atoms with Gasteiger partial charge in [0.05, 0.1) is 25.0 Å². The number of cyclic esters (lactones) is 1. The van der Waals surface area contributed by atoms with E-state index in [0.29, 0.717) is 59.7 Å². The predicted molar refractivity (Wildman–Crippen MR) is 134 cm³/mol. The van der Waals surface area contributed by atoms with Crippen molar-refractivity contribution in [3.05, 3.63) is 64.2 Å². The van der Waals surface area contributed by atoms with Crippen LogP contribution in [-0.4, -0.2) is 31.7 Å². The molecule has 0 atom stereocenters. The van der Waals surface area contributed by atoms with Gasteiger partial charge in [-0.1, -0.05) is 36.8 Å². The van der Waals surface area contributed by atoms with Crippen molar-refractivity contribution in [3.63, 3.8) is 0 Å². The molecule has 0 saturated carbocycles. The number of carbonyl (C=O) groups is 3. The van der Waals surface area contributed by atoms with E-state index >= 15 is 0 Å². The van der Waals surface area contributed by atoms with Gasteiger partial charge in [0.1, 0.15) is 12.4 Å². The van der Waals surface area contributed by atoms with Gasteiger partial charge in [-0.25, -0.2) is 9.59 Å². The van der Waals surface area contributed by atoms with E-state index < -0.39 is 12.0 Å². The molecular weight excluding hydrogens is 448 g/mol. The maximum atomic E-state index is 12.8. The van der Waals surface area contributed by atoms with Gasteiger partial charge < -0.3 is 24.8 Å². The second-order valence-corrected chi connectivity index (χ2v) is 8.36. The van der Waals surface area contributed by atoms with Crippen molar-refractivity contribution < 1.29 is 28.6 Å². The molecule has 0 spiro atoms. The van der Waals surface area contributed by atoms with E-state index in [1.807, 2.05) is 45.0 Å². The number of nitrogens with one attached hydrogen (secondary N) is 2. The van der Waals surface area contributed by atoms with E-state index in [1.54, 1.807) is 19.2 Å². The number of methoxy groups -OCH3 is 1. The standard InChI is InChI=1S/C27H32N2O6/c1-5-15-34-22(30)14-12-17(2)11-13-20-24(29-27(32)28-19-9-7-6-8-10-19)23-21(16-35-26(23)31)18(3)25(20)33-4/h6-11H,5,12-16H2,1-4H3,(H2,28,29,32). The number of benzene rings is 2. The molecule has 0 unspecified atom stereocenters. The maximum Gasteiger partial charge on any atom is 0.341 e. The molecule has 1 aliphatic rings. The van der Waals surface area contributed by atoms with E-state index in [-0.39, 0.29) is 12.6 Å². The molecule has 2 amide bonds. The van der Waals surface area contributed by atoms with Crippen molar-refractivity contribution in [2.45, 2.75) is 53.1 Å². The fourth-order valence-electron chi connectivity index (χ4n) is 3.95. The summed E-state index contributed by atoms with van der Waals surface area (Å²) in [5, 5.41) is 5.63. The lowest BCUT2D eigenvalue weighted by Crippen LogP contribution is -2.22. The molecule has 8 heteroatoms. The monoisotopic (exact) mass is 480 g/mol. The molecule has 0 aliphatic carbocycles. The average Bonchev–Trinajstić information content (AvgIpc) is 3.24. The summed E-state index contributed by atoms with van der Waals surface area (Å²) in [6.07, 6.45) is 3.99. The van der Waals surface area contributed by atoms with Crippen LogP contribution in [0.5, 0.6) is 5.75 Å². The molecule has 0 radical (unpaired) electrons. The quantitative estimate of drug-likeness (QED) is 0.342. The number of hydrogen-bond acceptors (Lipinski definition) is 6. The third-order valence-corrected chi connectivity index (χ3v) is 5.79. The minimum Gasteiger partial charge on any atom is -0.496 e. The maximum absolute atomic E-state index is 12.8. The van der Waals surface area contributed by atoms with Crippen molar-refractivity contribution in [1.29, 1.82) is 0 Å². The highest BCUT2D eigenvalue weighted by atomic mass is 16.5. The van der Waals surface area contributed by atoms with Gasteiger partial charge in [0, 0.05) is 23.2 Å². The molecule has 186 valence electrons. The van der Waals surface area contributed by atoms with E-state index in [1.165, 1.54) is 0 Å². The molecule has 0 fully saturated rings. The summed E-state index contributed by atoms with van der Waals surface area (Å²) in [6, 6.07) is 8.55. The number of fused-ring (bicyclic) bond motifs is 1. The first-order chi connectivity index (χ1) is 16.8. The summed E-state index contributed by atoms with van der Waals surface area (Å²) >= 11 is 0. The van der Waals surface area contributed by atoms with Gasteiger partial charge >= 0.3 is 18.0 Å². The molecule has 0 saturated heterocycles. The number of rotatable bonds is 10. The normalized spacial score (nSPS) is 12.6.